The lowest BCUT2D eigenvalue weighted by Gasteiger charge is -2.14. The van der Waals surface area contributed by atoms with Gasteiger partial charge in [-0.2, -0.15) is 0 Å². The standard InChI is InChI=1S/C22H17ClN2O4S/c23-15-3-1-4-16(12-15)25-21(26)20-17(7-10-30-20)24(22(25)27)13-14-5-6-18-19(11-14)29-9-2-8-28-18/h1,3-7,10-12H,2,8-9,13H2. The highest BCUT2D eigenvalue weighted by Gasteiger charge is 2.17. The van der Waals surface area contributed by atoms with Gasteiger partial charge in [0.25, 0.3) is 5.56 Å². The molecule has 0 radical (unpaired) electrons. The lowest BCUT2D eigenvalue weighted by molar-refractivity contribution is 0.297. The summed E-state index contributed by atoms with van der Waals surface area (Å²) in [5.41, 5.74) is 1.17. The minimum absolute atomic E-state index is 0.295. The van der Waals surface area contributed by atoms with Crippen LogP contribution in [-0.4, -0.2) is 22.3 Å². The number of rotatable bonds is 3. The zero-order chi connectivity index (χ0) is 20.7. The molecule has 2 aromatic carbocycles. The van der Waals surface area contributed by atoms with Crippen LogP contribution in [0.4, 0.5) is 0 Å². The van der Waals surface area contributed by atoms with Gasteiger partial charge in [-0.1, -0.05) is 23.7 Å². The SMILES string of the molecule is O=c1c2sccc2n(Cc2ccc3c(c2)OCCCO3)c(=O)n1-c1cccc(Cl)c1. The zero-order valence-corrected chi connectivity index (χ0v) is 17.4. The fourth-order valence-corrected chi connectivity index (χ4v) is 4.58. The van der Waals surface area contributed by atoms with Gasteiger partial charge in [-0.05, 0) is 47.3 Å². The molecule has 30 heavy (non-hydrogen) atoms. The van der Waals surface area contributed by atoms with E-state index in [1.807, 2.05) is 23.6 Å². The van der Waals surface area contributed by atoms with Gasteiger partial charge in [0.2, 0.25) is 0 Å². The van der Waals surface area contributed by atoms with Crippen molar-refractivity contribution in [1.29, 1.82) is 0 Å². The van der Waals surface area contributed by atoms with Gasteiger partial charge >= 0.3 is 5.69 Å². The smallest absolute Gasteiger partial charge is 0.336 e. The maximum Gasteiger partial charge on any atom is 0.336 e. The van der Waals surface area contributed by atoms with Crippen molar-refractivity contribution in [3.05, 3.63) is 85.3 Å². The molecule has 0 saturated carbocycles. The molecule has 0 bridgehead atoms. The van der Waals surface area contributed by atoms with Crippen LogP contribution in [-0.2, 0) is 6.54 Å². The van der Waals surface area contributed by atoms with E-state index in [9.17, 15) is 9.59 Å². The Labute approximate surface area is 180 Å². The minimum Gasteiger partial charge on any atom is -0.490 e. The van der Waals surface area contributed by atoms with Gasteiger partial charge in [0.05, 0.1) is 31.0 Å². The van der Waals surface area contributed by atoms with E-state index in [-0.39, 0.29) is 5.56 Å². The molecule has 6 nitrogen and oxygen atoms in total. The third-order valence-corrected chi connectivity index (χ3v) is 6.10. The molecular weight excluding hydrogens is 424 g/mol. The van der Waals surface area contributed by atoms with Crippen molar-refractivity contribution in [2.75, 3.05) is 13.2 Å². The van der Waals surface area contributed by atoms with Crippen LogP contribution in [0, 0.1) is 0 Å². The highest BCUT2D eigenvalue weighted by Crippen LogP contribution is 2.31. The van der Waals surface area contributed by atoms with E-state index in [1.54, 1.807) is 34.9 Å². The van der Waals surface area contributed by atoms with Crippen LogP contribution in [0.15, 0.2) is 63.5 Å². The molecule has 0 aliphatic carbocycles. The number of aromatic nitrogens is 2. The van der Waals surface area contributed by atoms with E-state index in [2.05, 4.69) is 0 Å². The maximum atomic E-state index is 13.4. The number of hydrogen-bond donors (Lipinski definition) is 0. The Hall–Kier alpha value is -3.03. The monoisotopic (exact) mass is 440 g/mol. The number of benzene rings is 2. The second kappa shape index (κ2) is 7.66. The first kappa shape index (κ1) is 19.0. The van der Waals surface area contributed by atoms with Crippen LogP contribution in [0.3, 0.4) is 0 Å². The molecule has 0 amide bonds. The molecule has 3 heterocycles. The fraction of sp³-hybridized carbons (Fsp3) is 0.182. The van der Waals surface area contributed by atoms with Crippen molar-refractivity contribution in [2.24, 2.45) is 0 Å². The molecular formula is C22H17ClN2O4S. The lowest BCUT2D eigenvalue weighted by Crippen LogP contribution is -2.38. The third-order valence-electron chi connectivity index (χ3n) is 4.97. The first-order valence-corrected chi connectivity index (χ1v) is 10.7. The molecule has 5 rings (SSSR count). The molecule has 1 aliphatic heterocycles. The van der Waals surface area contributed by atoms with Crippen molar-refractivity contribution >= 4 is 33.2 Å². The predicted octanol–water partition coefficient (Wildman–Crippen LogP) is 4.08. The summed E-state index contributed by atoms with van der Waals surface area (Å²) in [5, 5.41) is 2.28. The quantitative estimate of drug-likeness (QED) is 0.481. The molecule has 2 aromatic heterocycles. The van der Waals surface area contributed by atoms with Crippen LogP contribution in [0.25, 0.3) is 15.9 Å². The van der Waals surface area contributed by atoms with Crippen LogP contribution < -0.4 is 20.7 Å². The average Bonchev–Trinajstić information content (AvgIpc) is 3.11. The van der Waals surface area contributed by atoms with E-state index in [0.717, 1.165) is 12.0 Å². The summed E-state index contributed by atoms with van der Waals surface area (Å²) in [6.07, 6.45) is 0.823. The Bertz CT molecular complexity index is 1370. The van der Waals surface area contributed by atoms with Gasteiger partial charge in [-0.25, -0.2) is 9.36 Å². The van der Waals surface area contributed by atoms with Gasteiger partial charge in [0.1, 0.15) is 4.70 Å². The second-order valence-corrected chi connectivity index (χ2v) is 8.31. The van der Waals surface area contributed by atoms with Crippen molar-refractivity contribution in [3.8, 4) is 17.2 Å². The van der Waals surface area contributed by atoms with Crippen molar-refractivity contribution in [2.45, 2.75) is 13.0 Å². The average molecular weight is 441 g/mol. The summed E-state index contributed by atoms with van der Waals surface area (Å²) in [5.74, 6) is 1.37. The molecule has 1 aliphatic rings. The summed E-state index contributed by atoms with van der Waals surface area (Å²) < 4.78 is 14.8. The van der Waals surface area contributed by atoms with E-state index in [4.69, 9.17) is 21.1 Å². The normalized spacial score (nSPS) is 13.4. The summed E-state index contributed by atoms with van der Waals surface area (Å²) >= 11 is 7.41. The zero-order valence-electron chi connectivity index (χ0n) is 15.8. The van der Waals surface area contributed by atoms with Crippen LogP contribution >= 0.6 is 22.9 Å². The highest BCUT2D eigenvalue weighted by atomic mass is 35.5. The molecule has 0 N–H and O–H groups in total. The topological polar surface area (TPSA) is 62.5 Å². The summed E-state index contributed by atoms with van der Waals surface area (Å²) in [6, 6.07) is 14.2. The van der Waals surface area contributed by atoms with Gasteiger partial charge in [-0.15, -0.1) is 11.3 Å². The predicted molar refractivity (Wildman–Crippen MR) is 118 cm³/mol. The maximum absolute atomic E-state index is 13.4. The van der Waals surface area contributed by atoms with Gasteiger partial charge in [0.15, 0.2) is 11.5 Å². The Morgan fingerprint density at radius 3 is 2.67 bits per heavy atom. The van der Waals surface area contributed by atoms with Gasteiger partial charge < -0.3 is 9.47 Å². The molecule has 0 fully saturated rings. The van der Waals surface area contributed by atoms with Gasteiger partial charge in [0, 0.05) is 11.4 Å². The Morgan fingerprint density at radius 1 is 1.00 bits per heavy atom. The number of fused-ring (bicyclic) bond motifs is 2. The number of ether oxygens (including phenoxy) is 2. The molecule has 0 atom stereocenters. The molecule has 8 heteroatoms. The Balaban J connectivity index is 1.67. The molecule has 4 aromatic rings. The summed E-state index contributed by atoms with van der Waals surface area (Å²) in [4.78, 5) is 26.4. The van der Waals surface area contributed by atoms with Gasteiger partial charge in [-0.3, -0.25) is 9.36 Å². The van der Waals surface area contributed by atoms with Crippen molar-refractivity contribution in [3.63, 3.8) is 0 Å². The van der Waals surface area contributed by atoms with Crippen LogP contribution in [0.5, 0.6) is 11.5 Å². The van der Waals surface area contributed by atoms with Crippen LogP contribution in [0.2, 0.25) is 5.02 Å². The summed E-state index contributed by atoms with van der Waals surface area (Å²) in [7, 11) is 0. The molecule has 0 spiro atoms. The minimum atomic E-state index is -0.416. The van der Waals surface area contributed by atoms with E-state index < -0.39 is 5.69 Å². The van der Waals surface area contributed by atoms with E-state index in [1.165, 1.54) is 15.9 Å². The number of hydrogen-bond acceptors (Lipinski definition) is 5. The number of halogens is 1. The number of thiophene rings is 1. The summed E-state index contributed by atoms with van der Waals surface area (Å²) in [6.45, 7) is 1.50. The Kier molecular flexibility index (Phi) is 4.84. The lowest BCUT2D eigenvalue weighted by atomic mass is 10.2. The fourth-order valence-electron chi connectivity index (χ4n) is 3.57. The molecule has 0 saturated heterocycles. The van der Waals surface area contributed by atoms with Crippen LogP contribution in [0.1, 0.15) is 12.0 Å². The largest absolute Gasteiger partial charge is 0.490 e. The molecule has 0 unspecified atom stereocenters. The van der Waals surface area contributed by atoms with E-state index in [0.29, 0.717) is 52.2 Å². The highest BCUT2D eigenvalue weighted by molar-refractivity contribution is 7.17. The Morgan fingerprint density at radius 2 is 1.83 bits per heavy atom. The second-order valence-electron chi connectivity index (χ2n) is 6.96. The first-order valence-electron chi connectivity index (χ1n) is 9.49. The third kappa shape index (κ3) is 3.30. The first-order chi connectivity index (χ1) is 14.6. The van der Waals surface area contributed by atoms with Crippen molar-refractivity contribution < 1.29 is 9.47 Å². The van der Waals surface area contributed by atoms with E-state index >= 15 is 0 Å². The number of nitrogens with zero attached hydrogens (tertiary/aromatic N) is 2. The van der Waals surface area contributed by atoms with Crippen molar-refractivity contribution in [1.82, 2.24) is 9.13 Å². The molecule has 152 valence electrons.